The molecule has 54 heavy (non-hydrogen) atoms. The molecule has 0 heterocycles. The summed E-state index contributed by atoms with van der Waals surface area (Å²) < 4.78 is 0. The van der Waals surface area contributed by atoms with Gasteiger partial charge in [-0.2, -0.15) is 0 Å². The van der Waals surface area contributed by atoms with Crippen molar-refractivity contribution in [3.8, 4) is 0 Å². The number of ketones is 1. The molecule has 0 amide bonds. The highest BCUT2D eigenvalue weighted by atomic mass is 32.1. The van der Waals surface area contributed by atoms with E-state index in [0.717, 1.165) is 44.9 Å². The number of Topliss-reactive ketones (excluding diaryl/α,β-unsaturated/α-hetero) is 1. The molecule has 0 aliphatic rings. The first kappa shape index (κ1) is 53.6. The van der Waals surface area contributed by atoms with Crippen molar-refractivity contribution >= 4 is 22.9 Å². The van der Waals surface area contributed by atoms with Gasteiger partial charge in [-0.3, -0.25) is 4.79 Å². The summed E-state index contributed by atoms with van der Waals surface area (Å²) in [5.74, 6) is -0.188. The standard InChI is InChI=1S/C49H96O4S/c1-4-7-10-13-16-19-22-24-27-30-33-36-39-42-48(54)49(53,47(52)44-50)46(51)43-45(40-37-34-31-28-25-21-18-15-12-9-6-3)41-38-35-32-29-26-23-20-17-14-11-8-5-2/h45,47,50,52-53H,4-44H2,1-3H3. The Bertz CT molecular complexity index is 803. The molecule has 0 aromatic heterocycles. The minimum absolute atomic E-state index is 0.191. The summed E-state index contributed by atoms with van der Waals surface area (Å²) in [4.78, 5) is 14.1. The van der Waals surface area contributed by atoms with Gasteiger partial charge in [0, 0.05) is 11.3 Å². The van der Waals surface area contributed by atoms with Crippen LogP contribution in [0.5, 0.6) is 0 Å². The van der Waals surface area contributed by atoms with Crippen LogP contribution in [-0.4, -0.2) is 44.3 Å². The fourth-order valence-electron chi connectivity index (χ4n) is 8.29. The lowest BCUT2D eigenvalue weighted by atomic mass is 9.80. The van der Waals surface area contributed by atoms with E-state index >= 15 is 0 Å². The van der Waals surface area contributed by atoms with E-state index in [0.29, 0.717) is 6.42 Å². The molecule has 3 N–H and O–H groups in total. The lowest BCUT2D eigenvalue weighted by Gasteiger charge is -2.33. The van der Waals surface area contributed by atoms with Crippen LogP contribution in [0.25, 0.3) is 0 Å². The van der Waals surface area contributed by atoms with Crippen LogP contribution in [0.3, 0.4) is 0 Å². The van der Waals surface area contributed by atoms with Crippen molar-refractivity contribution in [2.75, 3.05) is 6.61 Å². The molecule has 0 saturated heterocycles. The van der Waals surface area contributed by atoms with E-state index in [2.05, 4.69) is 20.8 Å². The molecule has 0 aromatic carbocycles. The van der Waals surface area contributed by atoms with Gasteiger partial charge in [0.25, 0.3) is 0 Å². The number of aliphatic hydroxyl groups excluding tert-OH is 2. The molecule has 0 spiro atoms. The van der Waals surface area contributed by atoms with E-state index in [9.17, 15) is 20.1 Å². The third kappa shape index (κ3) is 30.7. The van der Waals surface area contributed by atoms with Crippen LogP contribution in [0.4, 0.5) is 0 Å². The quantitative estimate of drug-likeness (QED) is 0.0424. The number of thiocarbonyl (C=S) groups is 1. The summed E-state index contributed by atoms with van der Waals surface area (Å²) in [5, 5.41) is 32.4. The fourth-order valence-corrected chi connectivity index (χ4v) is 8.68. The Morgan fingerprint density at radius 3 is 1.00 bits per heavy atom. The first-order valence-electron chi connectivity index (χ1n) is 24.5. The van der Waals surface area contributed by atoms with Crippen LogP contribution < -0.4 is 0 Å². The molecule has 0 fully saturated rings. The van der Waals surface area contributed by atoms with E-state index in [4.69, 9.17) is 12.2 Å². The molecular weight excluding hydrogens is 685 g/mol. The largest absolute Gasteiger partial charge is 0.394 e. The lowest BCUT2D eigenvalue weighted by Crippen LogP contribution is -2.57. The first-order chi connectivity index (χ1) is 26.4. The number of hydrogen-bond donors (Lipinski definition) is 3. The van der Waals surface area contributed by atoms with Crippen LogP contribution in [0, 0.1) is 5.92 Å². The molecule has 0 rings (SSSR count). The molecule has 5 heteroatoms. The molecule has 0 saturated carbocycles. The van der Waals surface area contributed by atoms with Gasteiger partial charge in [-0.05, 0) is 18.8 Å². The summed E-state index contributed by atoms with van der Waals surface area (Å²) in [6.07, 6.45) is 47.4. The summed E-state index contributed by atoms with van der Waals surface area (Å²) in [6.45, 7) is 6.15. The maximum atomic E-state index is 13.9. The highest BCUT2D eigenvalue weighted by Gasteiger charge is 2.46. The van der Waals surface area contributed by atoms with Crippen molar-refractivity contribution < 1.29 is 20.1 Å². The zero-order chi connectivity index (χ0) is 39.8. The minimum atomic E-state index is -2.13. The van der Waals surface area contributed by atoms with Crippen molar-refractivity contribution in [1.29, 1.82) is 0 Å². The molecule has 0 aliphatic heterocycles. The summed E-state index contributed by atoms with van der Waals surface area (Å²) in [7, 11) is 0. The van der Waals surface area contributed by atoms with Gasteiger partial charge in [-0.15, -0.1) is 0 Å². The molecule has 3 unspecified atom stereocenters. The Kier molecular flexibility index (Phi) is 40.6. The van der Waals surface area contributed by atoms with Gasteiger partial charge in [-0.25, -0.2) is 0 Å². The zero-order valence-corrected chi connectivity index (χ0v) is 37.6. The van der Waals surface area contributed by atoms with E-state index in [1.807, 2.05) is 0 Å². The topological polar surface area (TPSA) is 77.8 Å². The Morgan fingerprint density at radius 2 is 0.722 bits per heavy atom. The van der Waals surface area contributed by atoms with Crippen molar-refractivity contribution in [1.82, 2.24) is 0 Å². The average molecular weight is 781 g/mol. The van der Waals surface area contributed by atoms with Crippen LogP contribution in [0.2, 0.25) is 0 Å². The third-order valence-electron chi connectivity index (χ3n) is 12.2. The van der Waals surface area contributed by atoms with Gasteiger partial charge in [0.05, 0.1) is 6.61 Å². The van der Waals surface area contributed by atoms with E-state index in [-0.39, 0.29) is 23.0 Å². The van der Waals surface area contributed by atoms with Gasteiger partial charge in [0.1, 0.15) is 6.10 Å². The third-order valence-corrected chi connectivity index (χ3v) is 12.7. The predicted molar refractivity (Wildman–Crippen MR) is 241 cm³/mol. The predicted octanol–water partition coefficient (Wildman–Crippen LogP) is 15.3. The van der Waals surface area contributed by atoms with Gasteiger partial charge >= 0.3 is 0 Å². The number of carbonyl (C=O) groups is 1. The molecular formula is C49H96O4S. The van der Waals surface area contributed by atoms with Crippen LogP contribution >= 0.6 is 12.2 Å². The maximum Gasteiger partial charge on any atom is 0.182 e. The zero-order valence-electron chi connectivity index (χ0n) is 36.8. The van der Waals surface area contributed by atoms with Crippen LogP contribution in [0.15, 0.2) is 0 Å². The Hall–Kier alpha value is -0.360. The molecule has 0 aromatic rings. The summed E-state index contributed by atoms with van der Waals surface area (Å²) in [6, 6.07) is 0. The number of aliphatic hydroxyl groups is 3. The van der Waals surface area contributed by atoms with Gasteiger partial charge in [0.2, 0.25) is 0 Å². The molecule has 0 radical (unpaired) electrons. The normalized spacial score (nSPS) is 14.0. The number of rotatable bonds is 45. The van der Waals surface area contributed by atoms with Gasteiger partial charge in [-0.1, -0.05) is 271 Å². The first-order valence-corrected chi connectivity index (χ1v) is 24.9. The lowest BCUT2D eigenvalue weighted by molar-refractivity contribution is -0.143. The summed E-state index contributed by atoms with van der Waals surface area (Å²) >= 11 is 5.68. The number of unbranched alkanes of at least 4 members (excludes halogenated alkanes) is 33. The van der Waals surface area contributed by atoms with Crippen molar-refractivity contribution in [3.05, 3.63) is 0 Å². The average Bonchev–Trinajstić information content (AvgIpc) is 3.18. The molecule has 0 bridgehead atoms. The van der Waals surface area contributed by atoms with Crippen molar-refractivity contribution in [3.63, 3.8) is 0 Å². The van der Waals surface area contributed by atoms with Crippen molar-refractivity contribution in [2.24, 2.45) is 5.92 Å². The SMILES string of the molecule is CCCCCCCCCCCCCCCC(=S)C(O)(C(=O)CC(CCCCCCCCCCCCC)CCCCCCCCCCCCCC)C(O)CO. The second kappa shape index (κ2) is 40.8. The maximum absolute atomic E-state index is 13.9. The second-order valence-electron chi connectivity index (χ2n) is 17.4. The Balaban J connectivity index is 4.80. The van der Waals surface area contributed by atoms with Crippen molar-refractivity contribution in [2.45, 2.75) is 289 Å². The van der Waals surface area contributed by atoms with E-state index < -0.39 is 18.3 Å². The molecule has 4 nitrogen and oxygen atoms in total. The van der Waals surface area contributed by atoms with Gasteiger partial charge in [0.15, 0.2) is 11.4 Å². The fraction of sp³-hybridized carbons (Fsp3) is 0.959. The Labute approximate surface area is 343 Å². The monoisotopic (exact) mass is 781 g/mol. The van der Waals surface area contributed by atoms with Gasteiger partial charge < -0.3 is 15.3 Å². The minimum Gasteiger partial charge on any atom is -0.394 e. The summed E-state index contributed by atoms with van der Waals surface area (Å²) in [5.41, 5.74) is -2.13. The van der Waals surface area contributed by atoms with Crippen LogP contribution in [0.1, 0.15) is 278 Å². The highest BCUT2D eigenvalue weighted by Crippen LogP contribution is 2.29. The van der Waals surface area contributed by atoms with E-state index in [1.54, 1.807) is 0 Å². The number of hydrogen-bond acceptors (Lipinski definition) is 5. The van der Waals surface area contributed by atoms with E-state index in [1.165, 1.54) is 199 Å². The van der Waals surface area contributed by atoms with Crippen LogP contribution in [-0.2, 0) is 4.79 Å². The second-order valence-corrected chi connectivity index (χ2v) is 17.9. The highest BCUT2D eigenvalue weighted by molar-refractivity contribution is 7.80. The number of carbonyl (C=O) groups excluding carboxylic acids is 1. The Morgan fingerprint density at radius 1 is 0.463 bits per heavy atom. The smallest absolute Gasteiger partial charge is 0.182 e. The molecule has 0 aliphatic carbocycles. The molecule has 3 atom stereocenters. The molecule has 322 valence electrons.